The van der Waals surface area contributed by atoms with Gasteiger partial charge < -0.3 is 10.2 Å². The summed E-state index contributed by atoms with van der Waals surface area (Å²) in [6.45, 7) is 17.6. The van der Waals surface area contributed by atoms with Crippen LogP contribution in [0.4, 0.5) is 0 Å². The number of aliphatic hydroxyl groups excluding tert-OH is 2. The Labute approximate surface area is 197 Å². The van der Waals surface area contributed by atoms with E-state index in [1.54, 1.807) is 11.1 Å². The molecule has 2 nitrogen and oxygen atoms in total. The van der Waals surface area contributed by atoms with Crippen LogP contribution in [-0.2, 0) is 0 Å². The number of fused-ring (bicyclic) bond motifs is 7. The molecule has 5 aliphatic rings. The molecule has 2 N–H and O–H groups in total. The van der Waals surface area contributed by atoms with Crippen LogP contribution < -0.4 is 0 Å². The second kappa shape index (κ2) is 6.75. The number of aliphatic hydroxyl groups is 2. The normalized spacial score (nSPS) is 54.3. The van der Waals surface area contributed by atoms with E-state index in [2.05, 4.69) is 60.6 Å². The van der Waals surface area contributed by atoms with Crippen molar-refractivity contribution in [3.8, 4) is 0 Å². The predicted molar refractivity (Wildman–Crippen MR) is 132 cm³/mol. The summed E-state index contributed by atoms with van der Waals surface area (Å²) in [5.74, 6) is 1.18. The lowest BCUT2D eigenvalue weighted by molar-refractivity contribution is -0.150. The predicted octanol–water partition coefficient (Wildman–Crippen LogP) is 7.06. The molecule has 3 saturated carbocycles. The summed E-state index contributed by atoms with van der Waals surface area (Å²) in [5, 5.41) is 21.1. The number of allylic oxidation sites excluding steroid dienone is 4. The Hall–Kier alpha value is -0.600. The van der Waals surface area contributed by atoms with Gasteiger partial charge in [-0.05, 0) is 113 Å². The number of hydrogen-bond donors (Lipinski definition) is 2. The van der Waals surface area contributed by atoms with Gasteiger partial charge in [0.2, 0.25) is 0 Å². The molecule has 32 heavy (non-hydrogen) atoms. The molecule has 0 saturated heterocycles. The molecule has 0 aromatic carbocycles. The molecular formula is C30H48O2. The molecule has 0 spiro atoms. The van der Waals surface area contributed by atoms with Crippen molar-refractivity contribution in [1.29, 1.82) is 0 Å². The van der Waals surface area contributed by atoms with Gasteiger partial charge in [-0.3, -0.25) is 0 Å². The SMILES string of the molecule is CC1(C)C2CC=C3C(=CC[C@@]4(C)C5C[C@](C)(CO)CC[C@]5(C)CC[C@]34C)[C@@]2(C)CC[C@H]1O. The average Bonchev–Trinajstić information content (AvgIpc) is 2.74. The third-order valence-electron chi connectivity index (χ3n) is 12.7. The number of hydrogen-bond acceptors (Lipinski definition) is 2. The van der Waals surface area contributed by atoms with E-state index in [0.717, 1.165) is 19.3 Å². The van der Waals surface area contributed by atoms with E-state index in [-0.39, 0.29) is 33.2 Å². The molecule has 180 valence electrons. The van der Waals surface area contributed by atoms with E-state index >= 15 is 0 Å². The summed E-state index contributed by atoms with van der Waals surface area (Å²) in [6.07, 6.45) is 15.6. The fourth-order valence-corrected chi connectivity index (χ4v) is 9.81. The molecule has 0 aromatic heterocycles. The van der Waals surface area contributed by atoms with E-state index in [4.69, 9.17) is 0 Å². The van der Waals surface area contributed by atoms with Crippen molar-refractivity contribution in [2.24, 2.45) is 44.3 Å². The Morgan fingerprint density at radius 3 is 2.22 bits per heavy atom. The highest BCUT2D eigenvalue weighted by Crippen LogP contribution is 2.74. The van der Waals surface area contributed by atoms with Crippen molar-refractivity contribution in [3.63, 3.8) is 0 Å². The lowest BCUT2D eigenvalue weighted by atomic mass is 9.36. The first-order chi connectivity index (χ1) is 14.8. The Balaban J connectivity index is 1.59. The van der Waals surface area contributed by atoms with Gasteiger partial charge in [-0.15, -0.1) is 0 Å². The Morgan fingerprint density at radius 1 is 0.844 bits per heavy atom. The first-order valence-corrected chi connectivity index (χ1v) is 13.5. The minimum Gasteiger partial charge on any atom is -0.396 e. The van der Waals surface area contributed by atoms with E-state index in [1.807, 2.05) is 0 Å². The van der Waals surface area contributed by atoms with Crippen molar-refractivity contribution < 1.29 is 10.2 Å². The fraction of sp³-hybridized carbons (Fsp3) is 0.867. The van der Waals surface area contributed by atoms with Gasteiger partial charge in [0.25, 0.3) is 0 Å². The van der Waals surface area contributed by atoms with Gasteiger partial charge in [-0.25, -0.2) is 0 Å². The van der Waals surface area contributed by atoms with Crippen LogP contribution in [0.15, 0.2) is 23.3 Å². The minimum absolute atomic E-state index is 0.0328. The maximum Gasteiger partial charge on any atom is 0.0594 e. The van der Waals surface area contributed by atoms with Crippen LogP contribution in [0.25, 0.3) is 0 Å². The van der Waals surface area contributed by atoms with Crippen LogP contribution in [-0.4, -0.2) is 22.9 Å². The first-order valence-electron chi connectivity index (χ1n) is 13.5. The standard InChI is InChI=1S/C30H48O2/c1-25(2)22-9-8-21-20(28(22,5)12-11-24(25)32)10-13-30(7)23-18-26(3,19-31)14-15-27(23,4)16-17-29(21,30)6/h8,10,22-24,31-32H,9,11-19H2,1-7H3/t22?,23?,24-,26-,27-,28-,29-,30+/m1/s1. The zero-order chi connectivity index (χ0) is 23.4. The van der Waals surface area contributed by atoms with Gasteiger partial charge in [-0.2, -0.15) is 0 Å². The van der Waals surface area contributed by atoms with E-state index < -0.39 is 0 Å². The third kappa shape index (κ3) is 2.72. The zero-order valence-electron chi connectivity index (χ0n) is 21.9. The van der Waals surface area contributed by atoms with Gasteiger partial charge in [0, 0.05) is 6.61 Å². The van der Waals surface area contributed by atoms with Crippen molar-refractivity contribution in [2.75, 3.05) is 6.61 Å². The summed E-state index contributed by atoms with van der Waals surface area (Å²) < 4.78 is 0. The molecule has 0 radical (unpaired) electrons. The van der Waals surface area contributed by atoms with E-state index in [1.165, 1.54) is 38.5 Å². The highest BCUT2D eigenvalue weighted by atomic mass is 16.3. The van der Waals surface area contributed by atoms with E-state index in [9.17, 15) is 10.2 Å². The van der Waals surface area contributed by atoms with Crippen molar-refractivity contribution in [3.05, 3.63) is 23.3 Å². The molecule has 5 aliphatic carbocycles. The molecule has 0 aromatic rings. The topological polar surface area (TPSA) is 40.5 Å². The van der Waals surface area contributed by atoms with Gasteiger partial charge in [-0.1, -0.05) is 60.6 Å². The van der Waals surface area contributed by atoms with Crippen LogP contribution in [0, 0.1) is 44.3 Å². The minimum atomic E-state index is -0.186. The quantitative estimate of drug-likeness (QED) is 0.458. The summed E-state index contributed by atoms with van der Waals surface area (Å²) >= 11 is 0. The largest absolute Gasteiger partial charge is 0.396 e. The average molecular weight is 441 g/mol. The van der Waals surface area contributed by atoms with Crippen LogP contribution in [0.2, 0.25) is 0 Å². The van der Waals surface area contributed by atoms with Crippen LogP contribution in [0.5, 0.6) is 0 Å². The molecular weight excluding hydrogens is 392 g/mol. The van der Waals surface area contributed by atoms with Gasteiger partial charge in [0.1, 0.15) is 0 Å². The Bertz CT molecular complexity index is 868. The molecule has 0 aliphatic heterocycles. The van der Waals surface area contributed by atoms with E-state index in [0.29, 0.717) is 23.9 Å². The highest BCUT2D eigenvalue weighted by molar-refractivity contribution is 5.49. The molecule has 0 heterocycles. The van der Waals surface area contributed by atoms with Crippen LogP contribution in [0.1, 0.15) is 106 Å². The summed E-state index contributed by atoms with van der Waals surface area (Å²) in [6, 6.07) is 0. The lowest BCUT2D eigenvalue weighted by Crippen LogP contribution is -2.61. The Morgan fingerprint density at radius 2 is 1.53 bits per heavy atom. The Kier molecular flexibility index (Phi) is 4.88. The van der Waals surface area contributed by atoms with Gasteiger partial charge in [0.05, 0.1) is 6.10 Å². The summed E-state index contributed by atoms with van der Waals surface area (Å²) in [7, 11) is 0. The van der Waals surface area contributed by atoms with Crippen LogP contribution in [0.3, 0.4) is 0 Å². The fourth-order valence-electron chi connectivity index (χ4n) is 9.81. The van der Waals surface area contributed by atoms with Crippen LogP contribution >= 0.6 is 0 Å². The molecule has 0 bridgehead atoms. The molecule has 8 atom stereocenters. The number of rotatable bonds is 1. The zero-order valence-corrected chi connectivity index (χ0v) is 21.9. The molecule has 2 unspecified atom stereocenters. The van der Waals surface area contributed by atoms with Gasteiger partial charge in [0.15, 0.2) is 0 Å². The van der Waals surface area contributed by atoms with Gasteiger partial charge >= 0.3 is 0 Å². The second-order valence-electron chi connectivity index (χ2n) is 14.7. The monoisotopic (exact) mass is 440 g/mol. The molecule has 3 fully saturated rings. The molecule has 0 amide bonds. The lowest BCUT2D eigenvalue weighted by Gasteiger charge is -2.69. The second-order valence-corrected chi connectivity index (χ2v) is 14.7. The molecule has 5 rings (SSSR count). The molecule has 2 heteroatoms. The van der Waals surface area contributed by atoms with Crippen molar-refractivity contribution in [1.82, 2.24) is 0 Å². The smallest absolute Gasteiger partial charge is 0.0594 e. The maximum atomic E-state index is 10.8. The summed E-state index contributed by atoms with van der Waals surface area (Å²) in [4.78, 5) is 0. The highest BCUT2D eigenvalue weighted by Gasteiger charge is 2.65. The van der Waals surface area contributed by atoms with Crippen molar-refractivity contribution in [2.45, 2.75) is 112 Å². The summed E-state index contributed by atoms with van der Waals surface area (Å²) in [5.41, 5.74) is 4.40. The first kappa shape index (κ1) is 23.2. The van der Waals surface area contributed by atoms with Crippen molar-refractivity contribution >= 4 is 0 Å². The maximum absolute atomic E-state index is 10.8. The third-order valence-corrected chi connectivity index (χ3v) is 12.7.